The fraction of sp³-hybridized carbons (Fsp3) is 0.951. The largest absolute Gasteiger partial charge is 0.472 e. The monoisotopic (exact) mass is 1480 g/mol. The number of phosphoric acid groups is 2. The van der Waals surface area contributed by atoms with Gasteiger partial charge in [0.15, 0.2) is 12.2 Å². The Morgan fingerprint density at radius 2 is 0.505 bits per heavy atom. The molecule has 0 aliphatic heterocycles. The van der Waals surface area contributed by atoms with Crippen molar-refractivity contribution in [3.63, 3.8) is 0 Å². The van der Waals surface area contributed by atoms with Crippen molar-refractivity contribution in [2.45, 2.75) is 446 Å². The second kappa shape index (κ2) is 72.3. The second-order valence-electron chi connectivity index (χ2n) is 30.7. The Morgan fingerprint density at radius 3 is 0.752 bits per heavy atom. The summed E-state index contributed by atoms with van der Waals surface area (Å²) in [5.74, 6) is 0.347. The molecular weight excluding hydrogens is 1320 g/mol. The van der Waals surface area contributed by atoms with Crippen LogP contribution in [0.15, 0.2) is 0 Å². The Kier molecular flexibility index (Phi) is 70.9. The minimum Gasteiger partial charge on any atom is -0.462 e. The Hall–Kier alpha value is -1.94. The lowest BCUT2D eigenvalue weighted by atomic mass is 9.99. The highest BCUT2D eigenvalue weighted by molar-refractivity contribution is 7.47. The van der Waals surface area contributed by atoms with E-state index in [4.69, 9.17) is 37.0 Å². The number of unbranched alkanes of at least 4 members (excludes halogenated alkanes) is 47. The summed E-state index contributed by atoms with van der Waals surface area (Å²) in [5, 5.41) is 10.6. The normalized spacial score (nSPS) is 14.2. The van der Waals surface area contributed by atoms with E-state index in [2.05, 4.69) is 48.5 Å². The number of hydrogen-bond donors (Lipinski definition) is 3. The molecule has 3 N–H and O–H groups in total. The highest BCUT2D eigenvalue weighted by atomic mass is 31.2. The number of carbonyl (C=O) groups is 4. The average molecular weight is 1480 g/mol. The van der Waals surface area contributed by atoms with E-state index in [-0.39, 0.29) is 25.7 Å². The summed E-state index contributed by atoms with van der Waals surface area (Å²) < 4.78 is 68.5. The number of hydrogen-bond acceptors (Lipinski definition) is 15. The molecule has 0 aromatic carbocycles. The van der Waals surface area contributed by atoms with Gasteiger partial charge in [-0.1, -0.05) is 376 Å². The predicted molar refractivity (Wildman–Crippen MR) is 414 cm³/mol. The predicted octanol–water partition coefficient (Wildman–Crippen LogP) is 24.5. The molecule has 0 radical (unpaired) electrons. The Bertz CT molecular complexity index is 1960. The van der Waals surface area contributed by atoms with Gasteiger partial charge in [-0.3, -0.25) is 37.3 Å². The van der Waals surface area contributed by atoms with Crippen LogP contribution < -0.4 is 0 Å². The minimum atomic E-state index is -4.96. The molecule has 0 fully saturated rings. The Morgan fingerprint density at radius 1 is 0.287 bits per heavy atom. The van der Waals surface area contributed by atoms with Crippen molar-refractivity contribution in [3.8, 4) is 0 Å². The van der Waals surface area contributed by atoms with Crippen LogP contribution in [0, 0.1) is 17.8 Å². The van der Waals surface area contributed by atoms with Gasteiger partial charge in [0.1, 0.15) is 19.3 Å². The molecule has 0 spiro atoms. The highest BCUT2D eigenvalue weighted by Crippen LogP contribution is 2.45. The molecule has 6 atom stereocenters. The fourth-order valence-corrected chi connectivity index (χ4v) is 14.2. The molecule has 0 aliphatic rings. The zero-order valence-corrected chi connectivity index (χ0v) is 68.2. The first kappa shape index (κ1) is 99.1. The summed E-state index contributed by atoms with van der Waals surface area (Å²) in [7, 11) is -9.91. The highest BCUT2D eigenvalue weighted by Gasteiger charge is 2.30. The minimum absolute atomic E-state index is 0.107. The van der Waals surface area contributed by atoms with Crippen molar-refractivity contribution in [1.82, 2.24) is 0 Å². The molecule has 0 rings (SSSR count). The number of rotatable bonds is 80. The molecule has 17 nitrogen and oxygen atoms in total. The van der Waals surface area contributed by atoms with Crippen LogP contribution in [0.1, 0.15) is 427 Å². The van der Waals surface area contributed by atoms with Crippen LogP contribution in [0.2, 0.25) is 0 Å². The molecule has 0 amide bonds. The quantitative estimate of drug-likeness (QED) is 0.0222. The van der Waals surface area contributed by atoms with E-state index in [1.807, 2.05) is 0 Å². The van der Waals surface area contributed by atoms with Crippen LogP contribution >= 0.6 is 15.6 Å². The molecule has 0 heterocycles. The maximum absolute atomic E-state index is 13.1. The molecule has 19 heteroatoms. The SMILES string of the molecule is CCCCCCCC(=O)OC[C@H](COP(=O)(O)OC[C@H](O)COP(=O)(O)OC[C@@H](COC(=O)CCCCCCCCCCCCCCCCCCC(C)C)OC(=O)CCCCCCCCCCCCCCCCCCC(C)C)OC(=O)CCCCCCCCCCCCCCCCC(C)CC. The second-order valence-corrected chi connectivity index (χ2v) is 33.6. The van der Waals surface area contributed by atoms with Crippen LogP contribution in [0.3, 0.4) is 0 Å². The van der Waals surface area contributed by atoms with Gasteiger partial charge in [0.05, 0.1) is 26.4 Å². The summed E-state index contributed by atoms with van der Waals surface area (Å²) in [5.41, 5.74) is 0. The summed E-state index contributed by atoms with van der Waals surface area (Å²) >= 11 is 0. The summed E-state index contributed by atoms with van der Waals surface area (Å²) in [4.78, 5) is 72.8. The van der Waals surface area contributed by atoms with Crippen molar-refractivity contribution < 1.29 is 80.2 Å². The van der Waals surface area contributed by atoms with Crippen LogP contribution in [-0.2, 0) is 65.4 Å². The maximum Gasteiger partial charge on any atom is 0.472 e. The lowest BCUT2D eigenvalue weighted by Gasteiger charge is -2.21. The van der Waals surface area contributed by atoms with E-state index < -0.39 is 97.5 Å². The van der Waals surface area contributed by atoms with E-state index in [0.717, 1.165) is 114 Å². The van der Waals surface area contributed by atoms with Crippen LogP contribution in [0.4, 0.5) is 0 Å². The van der Waals surface area contributed by atoms with E-state index >= 15 is 0 Å². The lowest BCUT2D eigenvalue weighted by Crippen LogP contribution is -2.30. The zero-order valence-electron chi connectivity index (χ0n) is 66.4. The zero-order chi connectivity index (χ0) is 74.4. The fourth-order valence-electron chi connectivity index (χ4n) is 12.6. The standard InChI is InChI=1S/C82H160O17P2/c1-8-10-11-46-56-63-79(84)92-69-77(98-81(86)65-58-52-45-39-33-27-21-20-24-30-36-42-49-55-62-75(7)9-2)71-96-100(88,89)94-67-76(83)68-95-101(90,91)97-72-78(99-82(87)66-59-51-44-38-32-26-19-15-13-17-23-29-35-41-48-54-61-74(5)6)70-93-80(85)64-57-50-43-37-31-25-18-14-12-16-22-28-34-40-47-53-60-73(3)4/h73-78,83H,8-72H2,1-7H3,(H,88,89)(H,90,91)/t75?,76-,77+,78+/m0/s1. The molecule has 0 bridgehead atoms. The van der Waals surface area contributed by atoms with Crippen molar-refractivity contribution in [2.75, 3.05) is 39.6 Å². The van der Waals surface area contributed by atoms with Gasteiger partial charge in [0, 0.05) is 25.7 Å². The third-order valence-corrected chi connectivity index (χ3v) is 21.4. The number of ether oxygens (including phenoxy) is 4. The number of phosphoric ester groups is 2. The van der Waals surface area contributed by atoms with Gasteiger partial charge in [-0.2, -0.15) is 0 Å². The van der Waals surface area contributed by atoms with E-state index in [1.54, 1.807) is 0 Å². The van der Waals surface area contributed by atoms with Gasteiger partial charge in [-0.05, 0) is 43.4 Å². The summed E-state index contributed by atoms with van der Waals surface area (Å²) in [6.45, 7) is 12.0. The van der Waals surface area contributed by atoms with Crippen LogP contribution in [-0.4, -0.2) is 96.7 Å². The number of carbonyl (C=O) groups excluding carboxylic acids is 4. The smallest absolute Gasteiger partial charge is 0.462 e. The van der Waals surface area contributed by atoms with Crippen LogP contribution in [0.5, 0.6) is 0 Å². The summed E-state index contributed by atoms with van der Waals surface area (Å²) in [6.07, 6.45) is 61.5. The van der Waals surface area contributed by atoms with Gasteiger partial charge in [-0.25, -0.2) is 9.13 Å². The Balaban J connectivity index is 5.12. The first-order valence-electron chi connectivity index (χ1n) is 42.4. The number of aliphatic hydroxyl groups is 1. The van der Waals surface area contributed by atoms with Crippen LogP contribution in [0.25, 0.3) is 0 Å². The molecule has 0 aliphatic carbocycles. The maximum atomic E-state index is 13.1. The van der Waals surface area contributed by atoms with Crippen molar-refractivity contribution in [2.24, 2.45) is 17.8 Å². The van der Waals surface area contributed by atoms with Crippen molar-refractivity contribution >= 4 is 39.5 Å². The molecule has 0 saturated carbocycles. The van der Waals surface area contributed by atoms with E-state index in [1.165, 1.54) is 231 Å². The van der Waals surface area contributed by atoms with Gasteiger partial charge in [0.25, 0.3) is 0 Å². The third kappa shape index (κ3) is 74.7. The van der Waals surface area contributed by atoms with Gasteiger partial charge in [-0.15, -0.1) is 0 Å². The lowest BCUT2D eigenvalue weighted by molar-refractivity contribution is -0.161. The van der Waals surface area contributed by atoms with Gasteiger partial charge in [0.2, 0.25) is 0 Å². The first-order chi connectivity index (χ1) is 48.8. The van der Waals surface area contributed by atoms with E-state index in [9.17, 15) is 43.2 Å². The number of esters is 4. The van der Waals surface area contributed by atoms with Gasteiger partial charge >= 0.3 is 39.5 Å². The summed E-state index contributed by atoms with van der Waals surface area (Å²) in [6, 6.07) is 0. The third-order valence-electron chi connectivity index (χ3n) is 19.5. The van der Waals surface area contributed by atoms with Crippen molar-refractivity contribution in [1.29, 1.82) is 0 Å². The number of aliphatic hydroxyl groups excluding tert-OH is 1. The molecule has 0 aromatic rings. The average Bonchev–Trinajstić information content (AvgIpc) is 0.939. The topological polar surface area (TPSA) is 237 Å². The molecular formula is C82H160O17P2. The van der Waals surface area contributed by atoms with E-state index in [0.29, 0.717) is 25.7 Å². The van der Waals surface area contributed by atoms with Gasteiger partial charge < -0.3 is 33.8 Å². The molecule has 0 aromatic heterocycles. The molecule has 101 heavy (non-hydrogen) atoms. The molecule has 600 valence electrons. The first-order valence-corrected chi connectivity index (χ1v) is 45.4. The molecule has 0 saturated heterocycles. The Labute approximate surface area is 619 Å². The molecule has 3 unspecified atom stereocenters. The van der Waals surface area contributed by atoms with Crippen molar-refractivity contribution in [3.05, 3.63) is 0 Å².